The molecule has 5 nitrogen and oxygen atoms in total. The molecule has 5 heteroatoms. The molecule has 2 saturated heterocycles. The van der Waals surface area contributed by atoms with E-state index in [1.165, 1.54) is 45.2 Å². The van der Waals surface area contributed by atoms with Crippen LogP contribution in [0.5, 0.6) is 0 Å². The van der Waals surface area contributed by atoms with Crippen molar-refractivity contribution in [3.05, 3.63) is 12.4 Å². The maximum absolute atomic E-state index is 5.73. The van der Waals surface area contributed by atoms with Gasteiger partial charge in [-0.25, -0.2) is 4.98 Å². The first-order valence-electron chi connectivity index (χ1n) is 7.68. The van der Waals surface area contributed by atoms with Gasteiger partial charge >= 0.3 is 0 Å². The van der Waals surface area contributed by atoms with E-state index in [2.05, 4.69) is 26.8 Å². The molecular weight excluding hydrogens is 250 g/mol. The molecule has 2 aliphatic rings. The van der Waals surface area contributed by atoms with Gasteiger partial charge in [-0.15, -0.1) is 0 Å². The van der Waals surface area contributed by atoms with E-state index in [0.717, 1.165) is 18.9 Å². The number of rotatable bonds is 1. The number of nitrogen functional groups attached to an aromatic ring is 1. The van der Waals surface area contributed by atoms with Crippen molar-refractivity contribution in [3.8, 4) is 0 Å². The second-order valence-corrected chi connectivity index (χ2v) is 6.45. The first-order valence-corrected chi connectivity index (χ1v) is 7.68. The third-order valence-electron chi connectivity index (χ3n) is 5.06. The number of anilines is 2. The smallest absolute Gasteiger partial charge is 0.149 e. The van der Waals surface area contributed by atoms with Crippen molar-refractivity contribution >= 4 is 11.6 Å². The molecule has 110 valence electrons. The van der Waals surface area contributed by atoms with Crippen molar-refractivity contribution in [1.82, 2.24) is 14.9 Å². The van der Waals surface area contributed by atoms with Crippen LogP contribution in [0.15, 0.2) is 12.4 Å². The van der Waals surface area contributed by atoms with Gasteiger partial charge in [-0.1, -0.05) is 0 Å². The molecule has 0 unspecified atom stereocenters. The Morgan fingerprint density at radius 1 is 1.05 bits per heavy atom. The molecule has 3 rings (SSSR count). The summed E-state index contributed by atoms with van der Waals surface area (Å²) >= 11 is 0. The Morgan fingerprint density at radius 3 is 2.55 bits per heavy atom. The Hall–Kier alpha value is -1.36. The predicted octanol–water partition coefficient (Wildman–Crippen LogP) is 1.76. The van der Waals surface area contributed by atoms with Gasteiger partial charge < -0.3 is 15.5 Å². The second-order valence-electron chi connectivity index (χ2n) is 6.45. The van der Waals surface area contributed by atoms with Crippen LogP contribution in [0.2, 0.25) is 0 Å². The molecule has 20 heavy (non-hydrogen) atoms. The fourth-order valence-electron chi connectivity index (χ4n) is 3.62. The molecule has 0 amide bonds. The molecular formula is C15H25N5. The molecule has 1 aromatic heterocycles. The van der Waals surface area contributed by atoms with E-state index in [-0.39, 0.29) is 0 Å². The molecule has 0 saturated carbocycles. The van der Waals surface area contributed by atoms with E-state index >= 15 is 0 Å². The zero-order valence-electron chi connectivity index (χ0n) is 12.4. The third-order valence-corrected chi connectivity index (χ3v) is 5.06. The summed E-state index contributed by atoms with van der Waals surface area (Å²) in [5.41, 5.74) is 6.30. The molecule has 2 N–H and O–H groups in total. The van der Waals surface area contributed by atoms with Crippen molar-refractivity contribution in [2.24, 2.45) is 5.41 Å². The van der Waals surface area contributed by atoms with Crippen LogP contribution < -0.4 is 10.6 Å². The van der Waals surface area contributed by atoms with Crippen molar-refractivity contribution in [1.29, 1.82) is 0 Å². The standard InChI is InChI=1S/C15H25N5/c1-19-7-2-3-15(4-8-19)5-9-20(10-6-15)14-12-17-11-13(16)18-14/h11-12H,2-10H2,1H3,(H2,16,18). The zero-order chi connectivity index (χ0) is 14.0. The van der Waals surface area contributed by atoms with E-state index in [4.69, 9.17) is 5.73 Å². The molecule has 0 atom stereocenters. The highest BCUT2D eigenvalue weighted by molar-refractivity contribution is 5.41. The maximum Gasteiger partial charge on any atom is 0.149 e. The average molecular weight is 275 g/mol. The highest BCUT2D eigenvalue weighted by Gasteiger charge is 2.35. The minimum absolute atomic E-state index is 0.513. The van der Waals surface area contributed by atoms with Crippen molar-refractivity contribution in [3.63, 3.8) is 0 Å². The SMILES string of the molecule is CN1CCCC2(CC1)CCN(c1cncc(N)n1)CC2. The lowest BCUT2D eigenvalue weighted by Crippen LogP contribution is -2.41. The molecule has 3 heterocycles. The van der Waals surface area contributed by atoms with E-state index < -0.39 is 0 Å². The monoisotopic (exact) mass is 275 g/mol. The molecule has 1 spiro atoms. The highest BCUT2D eigenvalue weighted by atomic mass is 15.2. The van der Waals surface area contributed by atoms with E-state index in [0.29, 0.717) is 11.2 Å². The van der Waals surface area contributed by atoms with Gasteiger partial charge in [0.15, 0.2) is 0 Å². The summed E-state index contributed by atoms with van der Waals surface area (Å²) in [4.78, 5) is 13.4. The largest absolute Gasteiger partial charge is 0.382 e. The predicted molar refractivity (Wildman–Crippen MR) is 81.7 cm³/mol. The summed E-state index contributed by atoms with van der Waals surface area (Å²) in [6.07, 6.45) is 10.1. The van der Waals surface area contributed by atoms with E-state index in [1.54, 1.807) is 6.20 Å². The van der Waals surface area contributed by atoms with Gasteiger partial charge in [0.2, 0.25) is 0 Å². The summed E-state index contributed by atoms with van der Waals surface area (Å²) < 4.78 is 0. The summed E-state index contributed by atoms with van der Waals surface area (Å²) in [6.45, 7) is 4.67. The van der Waals surface area contributed by atoms with Gasteiger partial charge in [0.05, 0.1) is 12.4 Å². The Kier molecular flexibility index (Phi) is 3.78. The van der Waals surface area contributed by atoms with Crippen LogP contribution in [0.3, 0.4) is 0 Å². The lowest BCUT2D eigenvalue weighted by molar-refractivity contribution is 0.184. The maximum atomic E-state index is 5.73. The van der Waals surface area contributed by atoms with Crippen LogP contribution in [0.4, 0.5) is 11.6 Å². The van der Waals surface area contributed by atoms with Gasteiger partial charge in [0.25, 0.3) is 0 Å². The van der Waals surface area contributed by atoms with Crippen molar-refractivity contribution < 1.29 is 0 Å². The van der Waals surface area contributed by atoms with E-state index in [9.17, 15) is 0 Å². The minimum Gasteiger partial charge on any atom is -0.382 e. The number of piperidine rings is 1. The molecule has 0 aliphatic carbocycles. The summed E-state index contributed by atoms with van der Waals surface area (Å²) in [5.74, 6) is 1.45. The summed E-state index contributed by atoms with van der Waals surface area (Å²) in [7, 11) is 2.25. The average Bonchev–Trinajstić information content (AvgIpc) is 2.63. The fraction of sp³-hybridized carbons (Fsp3) is 0.733. The minimum atomic E-state index is 0.513. The number of hydrogen-bond acceptors (Lipinski definition) is 5. The summed E-state index contributed by atoms with van der Waals surface area (Å²) in [6, 6.07) is 0. The topological polar surface area (TPSA) is 58.3 Å². The zero-order valence-corrected chi connectivity index (χ0v) is 12.4. The van der Waals surface area contributed by atoms with E-state index in [1.807, 2.05) is 6.20 Å². The molecule has 0 bridgehead atoms. The molecule has 1 aromatic rings. The molecule has 2 fully saturated rings. The van der Waals surface area contributed by atoms with Gasteiger partial charge in [-0.05, 0) is 57.7 Å². The fourth-order valence-corrected chi connectivity index (χ4v) is 3.62. The van der Waals surface area contributed by atoms with Crippen LogP contribution in [-0.2, 0) is 0 Å². The van der Waals surface area contributed by atoms with Crippen LogP contribution in [0, 0.1) is 5.41 Å². The Morgan fingerprint density at radius 2 is 1.80 bits per heavy atom. The Labute approximate surface area is 121 Å². The van der Waals surface area contributed by atoms with Crippen LogP contribution >= 0.6 is 0 Å². The van der Waals surface area contributed by atoms with Gasteiger partial charge in [0.1, 0.15) is 11.6 Å². The van der Waals surface area contributed by atoms with Gasteiger partial charge in [0, 0.05) is 13.1 Å². The van der Waals surface area contributed by atoms with Crippen LogP contribution in [-0.4, -0.2) is 48.1 Å². The quantitative estimate of drug-likeness (QED) is 0.846. The number of nitrogens with zero attached hydrogens (tertiary/aromatic N) is 4. The number of aromatic nitrogens is 2. The molecule has 0 radical (unpaired) electrons. The van der Waals surface area contributed by atoms with Crippen LogP contribution in [0.1, 0.15) is 32.1 Å². The van der Waals surface area contributed by atoms with Crippen molar-refractivity contribution in [2.45, 2.75) is 32.1 Å². The van der Waals surface area contributed by atoms with Crippen molar-refractivity contribution in [2.75, 3.05) is 43.9 Å². The Bertz CT molecular complexity index is 453. The lowest BCUT2D eigenvalue weighted by Gasteiger charge is -2.42. The number of nitrogens with two attached hydrogens (primary N) is 1. The first-order chi connectivity index (χ1) is 9.67. The molecule has 2 aliphatic heterocycles. The van der Waals surface area contributed by atoms with Gasteiger partial charge in [-0.3, -0.25) is 4.98 Å². The number of hydrogen-bond donors (Lipinski definition) is 1. The molecule has 0 aromatic carbocycles. The second kappa shape index (κ2) is 5.56. The third kappa shape index (κ3) is 2.87. The first kappa shape index (κ1) is 13.6. The Balaban J connectivity index is 1.64. The van der Waals surface area contributed by atoms with Crippen LogP contribution in [0.25, 0.3) is 0 Å². The lowest BCUT2D eigenvalue weighted by atomic mass is 9.73. The normalized spacial score (nSPS) is 23.8. The number of likely N-dealkylation sites (tertiary alicyclic amines) is 1. The highest BCUT2D eigenvalue weighted by Crippen LogP contribution is 2.41. The summed E-state index contributed by atoms with van der Waals surface area (Å²) in [5, 5.41) is 0. The van der Waals surface area contributed by atoms with Gasteiger partial charge in [-0.2, -0.15) is 0 Å².